The maximum atomic E-state index is 12.7. The van der Waals surface area contributed by atoms with Gasteiger partial charge >= 0.3 is 6.09 Å². The molecule has 2 amide bonds. The third-order valence-electron chi connectivity index (χ3n) is 3.90. The highest BCUT2D eigenvalue weighted by molar-refractivity contribution is 5.87. The number of nitrogens with zero attached hydrogens (tertiary/aromatic N) is 1. The number of alkyl carbamates (subject to hydrolysis) is 1. The summed E-state index contributed by atoms with van der Waals surface area (Å²) in [6.07, 6.45) is 1.43. The molecular weight excluding hydrogens is 244 g/mol. The number of hydrogen-bond donors (Lipinski definition) is 1. The van der Waals surface area contributed by atoms with Gasteiger partial charge in [-0.1, -0.05) is 13.8 Å². The van der Waals surface area contributed by atoms with E-state index in [9.17, 15) is 9.59 Å². The minimum absolute atomic E-state index is 0.0181. The average molecular weight is 270 g/mol. The summed E-state index contributed by atoms with van der Waals surface area (Å²) in [7, 11) is 1.31. The summed E-state index contributed by atoms with van der Waals surface area (Å²) in [6, 6.07) is -0.324. The molecule has 1 rings (SSSR count). The van der Waals surface area contributed by atoms with E-state index in [1.165, 1.54) is 7.11 Å². The van der Waals surface area contributed by atoms with E-state index in [1.54, 1.807) is 0 Å². The summed E-state index contributed by atoms with van der Waals surface area (Å²) >= 11 is 0. The van der Waals surface area contributed by atoms with Gasteiger partial charge in [0.2, 0.25) is 5.91 Å². The van der Waals surface area contributed by atoms with Crippen LogP contribution in [0.1, 0.15) is 47.5 Å². The normalized spacial score (nSPS) is 23.3. The van der Waals surface area contributed by atoms with Gasteiger partial charge in [-0.15, -0.1) is 0 Å². The Morgan fingerprint density at radius 2 is 1.95 bits per heavy atom. The van der Waals surface area contributed by atoms with E-state index in [2.05, 4.69) is 30.8 Å². The van der Waals surface area contributed by atoms with Crippen molar-refractivity contribution in [3.8, 4) is 0 Å². The molecule has 1 saturated heterocycles. The molecule has 0 spiro atoms. The third-order valence-corrected chi connectivity index (χ3v) is 3.90. The Hall–Kier alpha value is -1.26. The molecule has 0 aromatic rings. The molecule has 5 nitrogen and oxygen atoms in total. The average Bonchev–Trinajstić information content (AvgIpc) is 2.58. The Labute approximate surface area is 115 Å². The van der Waals surface area contributed by atoms with Crippen molar-refractivity contribution in [3.63, 3.8) is 0 Å². The number of amides is 2. The Morgan fingerprint density at radius 3 is 2.32 bits per heavy atom. The van der Waals surface area contributed by atoms with Gasteiger partial charge in [0.25, 0.3) is 0 Å². The van der Waals surface area contributed by atoms with Crippen LogP contribution in [0.2, 0.25) is 0 Å². The summed E-state index contributed by atoms with van der Waals surface area (Å²) < 4.78 is 4.60. The Bertz CT molecular complexity index is 353. The number of carbonyl (C=O) groups is 2. The van der Waals surface area contributed by atoms with Gasteiger partial charge in [0.05, 0.1) is 7.11 Å². The summed E-state index contributed by atoms with van der Waals surface area (Å²) in [6.45, 7) is 10.1. The number of rotatable bonds is 3. The van der Waals surface area contributed by atoms with E-state index < -0.39 is 12.1 Å². The van der Waals surface area contributed by atoms with Crippen LogP contribution in [0.5, 0.6) is 0 Å². The molecule has 1 fully saturated rings. The van der Waals surface area contributed by atoms with Gasteiger partial charge in [0, 0.05) is 11.6 Å². The molecule has 5 heteroatoms. The van der Waals surface area contributed by atoms with E-state index in [-0.39, 0.29) is 23.4 Å². The Kier molecular flexibility index (Phi) is 4.82. The molecule has 0 aromatic carbocycles. The SMILES string of the molecule is COC(=O)N[C@H](C(=O)N1C(C)CCC1(C)C)C(C)C. The van der Waals surface area contributed by atoms with E-state index in [4.69, 9.17) is 0 Å². The Morgan fingerprint density at radius 1 is 1.37 bits per heavy atom. The zero-order valence-corrected chi connectivity index (χ0v) is 12.8. The molecule has 1 N–H and O–H groups in total. The molecule has 1 heterocycles. The molecule has 110 valence electrons. The number of ether oxygens (including phenoxy) is 1. The topological polar surface area (TPSA) is 58.6 Å². The number of likely N-dealkylation sites (tertiary alicyclic amines) is 1. The minimum Gasteiger partial charge on any atom is -0.453 e. The van der Waals surface area contributed by atoms with Crippen LogP contribution in [0, 0.1) is 5.92 Å². The van der Waals surface area contributed by atoms with Crippen molar-refractivity contribution in [3.05, 3.63) is 0 Å². The van der Waals surface area contributed by atoms with Gasteiger partial charge in [0.1, 0.15) is 6.04 Å². The first-order valence-electron chi connectivity index (χ1n) is 6.88. The zero-order valence-electron chi connectivity index (χ0n) is 12.8. The predicted octanol–water partition coefficient (Wildman–Crippen LogP) is 2.16. The third kappa shape index (κ3) is 3.39. The standard InChI is InChI=1S/C14H26N2O3/c1-9(2)11(15-13(18)19-6)12(17)16-10(3)7-8-14(16,4)5/h9-11H,7-8H2,1-6H3,(H,15,18)/t10?,11-/m0/s1. The second-order valence-corrected chi connectivity index (χ2v) is 6.27. The first-order valence-corrected chi connectivity index (χ1v) is 6.88. The maximum Gasteiger partial charge on any atom is 0.407 e. The smallest absolute Gasteiger partial charge is 0.407 e. The summed E-state index contributed by atoms with van der Waals surface area (Å²) in [5.41, 5.74) is -0.151. The van der Waals surface area contributed by atoms with Gasteiger partial charge < -0.3 is 15.0 Å². The van der Waals surface area contributed by atoms with Crippen molar-refractivity contribution in [2.45, 2.75) is 65.1 Å². The van der Waals surface area contributed by atoms with Crippen molar-refractivity contribution < 1.29 is 14.3 Å². The summed E-state index contributed by atoms with van der Waals surface area (Å²) in [5.74, 6) is 0.00519. The van der Waals surface area contributed by atoms with Crippen LogP contribution in [0.15, 0.2) is 0 Å². The second-order valence-electron chi connectivity index (χ2n) is 6.27. The molecule has 0 saturated carbocycles. The molecule has 1 unspecified atom stereocenters. The lowest BCUT2D eigenvalue weighted by Crippen LogP contribution is -2.56. The molecule has 2 atom stereocenters. The molecular formula is C14H26N2O3. The zero-order chi connectivity index (χ0) is 14.8. The highest BCUT2D eigenvalue weighted by atomic mass is 16.5. The number of nitrogens with one attached hydrogen (secondary N) is 1. The van der Waals surface area contributed by atoms with Crippen LogP contribution >= 0.6 is 0 Å². The molecule has 1 aliphatic heterocycles. The van der Waals surface area contributed by atoms with Gasteiger partial charge in [-0.05, 0) is 39.5 Å². The van der Waals surface area contributed by atoms with Crippen molar-refractivity contribution in [1.29, 1.82) is 0 Å². The van der Waals surface area contributed by atoms with E-state index in [0.29, 0.717) is 0 Å². The van der Waals surface area contributed by atoms with Crippen molar-refractivity contribution in [2.75, 3.05) is 7.11 Å². The fraction of sp³-hybridized carbons (Fsp3) is 0.857. The second kappa shape index (κ2) is 5.80. The van der Waals surface area contributed by atoms with Crippen LogP contribution in [-0.4, -0.2) is 41.6 Å². The molecule has 0 bridgehead atoms. The van der Waals surface area contributed by atoms with Crippen LogP contribution < -0.4 is 5.32 Å². The van der Waals surface area contributed by atoms with Crippen molar-refractivity contribution in [2.24, 2.45) is 5.92 Å². The largest absolute Gasteiger partial charge is 0.453 e. The molecule has 1 aliphatic rings. The van der Waals surface area contributed by atoms with Crippen LogP contribution in [0.4, 0.5) is 4.79 Å². The molecule has 0 aliphatic carbocycles. The lowest BCUT2D eigenvalue weighted by molar-refractivity contribution is -0.139. The molecule has 19 heavy (non-hydrogen) atoms. The van der Waals surface area contributed by atoms with Gasteiger partial charge in [-0.2, -0.15) is 0 Å². The quantitative estimate of drug-likeness (QED) is 0.855. The molecule has 0 aromatic heterocycles. The number of carbonyl (C=O) groups excluding carboxylic acids is 2. The fourth-order valence-corrected chi connectivity index (χ4v) is 2.77. The van der Waals surface area contributed by atoms with Crippen LogP contribution in [-0.2, 0) is 9.53 Å². The fourth-order valence-electron chi connectivity index (χ4n) is 2.77. The van der Waals surface area contributed by atoms with Crippen molar-refractivity contribution in [1.82, 2.24) is 10.2 Å². The summed E-state index contributed by atoms with van der Waals surface area (Å²) in [5, 5.41) is 2.65. The summed E-state index contributed by atoms with van der Waals surface area (Å²) in [4.78, 5) is 26.0. The molecule has 0 radical (unpaired) electrons. The monoisotopic (exact) mass is 270 g/mol. The van der Waals surface area contributed by atoms with Crippen LogP contribution in [0.3, 0.4) is 0 Å². The highest BCUT2D eigenvalue weighted by Gasteiger charge is 2.43. The van der Waals surface area contributed by atoms with Gasteiger partial charge in [-0.25, -0.2) is 4.79 Å². The highest BCUT2D eigenvalue weighted by Crippen LogP contribution is 2.34. The van der Waals surface area contributed by atoms with Crippen LogP contribution in [0.25, 0.3) is 0 Å². The van der Waals surface area contributed by atoms with E-state index >= 15 is 0 Å². The number of hydrogen-bond acceptors (Lipinski definition) is 3. The lowest BCUT2D eigenvalue weighted by atomic mass is 9.98. The predicted molar refractivity (Wildman–Crippen MR) is 73.8 cm³/mol. The maximum absolute atomic E-state index is 12.7. The van der Waals surface area contributed by atoms with Gasteiger partial charge in [-0.3, -0.25) is 4.79 Å². The lowest BCUT2D eigenvalue weighted by Gasteiger charge is -2.38. The Balaban J connectivity index is 2.90. The van der Waals surface area contributed by atoms with Gasteiger partial charge in [0.15, 0.2) is 0 Å². The first kappa shape index (κ1) is 15.8. The number of methoxy groups -OCH3 is 1. The van der Waals surface area contributed by atoms with E-state index in [1.807, 2.05) is 18.7 Å². The first-order chi connectivity index (χ1) is 8.70. The minimum atomic E-state index is -0.559. The van der Waals surface area contributed by atoms with Crippen molar-refractivity contribution >= 4 is 12.0 Å². The van der Waals surface area contributed by atoms with E-state index in [0.717, 1.165) is 12.8 Å².